The highest BCUT2D eigenvalue weighted by Crippen LogP contribution is 2.23. The van der Waals surface area contributed by atoms with Crippen LogP contribution in [0.2, 0.25) is 0 Å². The van der Waals surface area contributed by atoms with Crippen molar-refractivity contribution in [2.75, 3.05) is 70.5 Å². The predicted molar refractivity (Wildman–Crippen MR) is 144 cm³/mol. The fourth-order valence-corrected chi connectivity index (χ4v) is 4.99. The highest BCUT2D eigenvalue weighted by atomic mass is 127. The summed E-state index contributed by atoms with van der Waals surface area (Å²) >= 11 is 0. The maximum atomic E-state index is 5.49. The number of halogens is 1. The number of aliphatic imine (C=N–C) groups is 1. The van der Waals surface area contributed by atoms with Crippen molar-refractivity contribution < 1.29 is 4.74 Å². The Bertz CT molecular complexity index is 699. The van der Waals surface area contributed by atoms with Crippen LogP contribution in [0.4, 0.5) is 5.69 Å². The van der Waals surface area contributed by atoms with Crippen LogP contribution in [0.25, 0.3) is 0 Å². The Morgan fingerprint density at radius 2 is 1.75 bits per heavy atom. The van der Waals surface area contributed by atoms with Gasteiger partial charge in [-0.2, -0.15) is 0 Å². The van der Waals surface area contributed by atoms with Crippen molar-refractivity contribution in [3.63, 3.8) is 0 Å². The van der Waals surface area contributed by atoms with Crippen molar-refractivity contribution >= 4 is 35.6 Å². The van der Waals surface area contributed by atoms with E-state index in [2.05, 4.69) is 58.1 Å². The molecule has 0 bridgehead atoms. The average molecular weight is 556 g/mol. The standard InChI is InChI=1S/C25H41N5O.HI/c1-3-26-25(30-13-10-23(20-30)19-28-14-16-31-17-15-28)27-18-22-4-6-24(7-5-22)29-11-8-21(2)9-12-29;/h4-7,21,23H,3,8-20H2,1-2H3,(H,26,27);1H. The first-order valence-corrected chi connectivity index (χ1v) is 12.4. The Balaban J connectivity index is 0.00000289. The van der Waals surface area contributed by atoms with Gasteiger partial charge in [0, 0.05) is 58.0 Å². The number of ether oxygens (including phenoxy) is 1. The van der Waals surface area contributed by atoms with Crippen LogP contribution in [-0.2, 0) is 11.3 Å². The van der Waals surface area contributed by atoms with E-state index in [0.717, 1.165) is 70.3 Å². The minimum Gasteiger partial charge on any atom is -0.379 e. The molecule has 0 saturated carbocycles. The molecule has 0 radical (unpaired) electrons. The number of nitrogens with zero attached hydrogens (tertiary/aromatic N) is 4. The average Bonchev–Trinajstić information content (AvgIpc) is 3.26. The lowest BCUT2D eigenvalue weighted by atomic mass is 9.99. The van der Waals surface area contributed by atoms with Gasteiger partial charge < -0.3 is 19.9 Å². The van der Waals surface area contributed by atoms with Crippen LogP contribution in [0.3, 0.4) is 0 Å². The summed E-state index contributed by atoms with van der Waals surface area (Å²) < 4.78 is 5.49. The second kappa shape index (κ2) is 13.0. The molecule has 3 aliphatic heterocycles. The molecule has 0 amide bonds. The van der Waals surface area contributed by atoms with E-state index in [-0.39, 0.29) is 24.0 Å². The molecule has 0 aromatic heterocycles. The molecule has 1 N–H and O–H groups in total. The molecule has 3 saturated heterocycles. The zero-order valence-corrected chi connectivity index (χ0v) is 22.3. The number of hydrogen-bond donors (Lipinski definition) is 1. The second-order valence-corrected chi connectivity index (χ2v) is 9.52. The van der Waals surface area contributed by atoms with Gasteiger partial charge in [-0.1, -0.05) is 19.1 Å². The number of benzene rings is 1. The van der Waals surface area contributed by atoms with Crippen LogP contribution in [0.1, 0.15) is 38.7 Å². The molecule has 1 aromatic carbocycles. The number of likely N-dealkylation sites (tertiary alicyclic amines) is 1. The first-order chi connectivity index (χ1) is 15.2. The van der Waals surface area contributed by atoms with Crippen LogP contribution in [-0.4, -0.2) is 81.3 Å². The van der Waals surface area contributed by atoms with Crippen molar-refractivity contribution in [1.29, 1.82) is 0 Å². The van der Waals surface area contributed by atoms with Crippen molar-refractivity contribution in [3.8, 4) is 0 Å². The summed E-state index contributed by atoms with van der Waals surface area (Å²) in [7, 11) is 0. The van der Waals surface area contributed by atoms with E-state index in [9.17, 15) is 0 Å². The first kappa shape index (κ1) is 25.6. The van der Waals surface area contributed by atoms with Gasteiger partial charge in [0.2, 0.25) is 0 Å². The van der Waals surface area contributed by atoms with E-state index >= 15 is 0 Å². The van der Waals surface area contributed by atoms with Crippen LogP contribution < -0.4 is 10.2 Å². The smallest absolute Gasteiger partial charge is 0.194 e. The normalized spacial score (nSPS) is 23.3. The summed E-state index contributed by atoms with van der Waals surface area (Å²) in [6.07, 6.45) is 3.87. The summed E-state index contributed by atoms with van der Waals surface area (Å²) in [4.78, 5) is 12.5. The lowest BCUT2D eigenvalue weighted by Gasteiger charge is -2.32. The van der Waals surface area contributed by atoms with E-state index < -0.39 is 0 Å². The molecule has 1 aromatic rings. The summed E-state index contributed by atoms with van der Waals surface area (Å²) in [5.41, 5.74) is 2.64. The molecule has 180 valence electrons. The van der Waals surface area contributed by atoms with Crippen molar-refractivity contribution in [2.45, 2.75) is 39.7 Å². The highest BCUT2D eigenvalue weighted by Gasteiger charge is 2.27. The molecule has 1 unspecified atom stereocenters. The number of anilines is 1. The maximum Gasteiger partial charge on any atom is 0.194 e. The van der Waals surface area contributed by atoms with Gasteiger partial charge in [0.05, 0.1) is 19.8 Å². The first-order valence-electron chi connectivity index (χ1n) is 12.4. The van der Waals surface area contributed by atoms with Crippen molar-refractivity contribution in [1.82, 2.24) is 15.1 Å². The number of guanidine groups is 1. The molecule has 0 aliphatic carbocycles. The fourth-order valence-electron chi connectivity index (χ4n) is 4.99. The Morgan fingerprint density at radius 1 is 1.03 bits per heavy atom. The molecule has 7 heteroatoms. The highest BCUT2D eigenvalue weighted by molar-refractivity contribution is 14.0. The Kier molecular flexibility index (Phi) is 10.4. The van der Waals surface area contributed by atoms with Crippen LogP contribution in [0.15, 0.2) is 29.3 Å². The second-order valence-electron chi connectivity index (χ2n) is 9.52. The number of morpholine rings is 1. The van der Waals surface area contributed by atoms with Crippen molar-refractivity contribution in [3.05, 3.63) is 29.8 Å². The number of piperidine rings is 1. The van der Waals surface area contributed by atoms with Gasteiger partial charge in [-0.05, 0) is 55.7 Å². The number of rotatable bonds is 6. The third-order valence-corrected chi connectivity index (χ3v) is 7.04. The molecule has 3 heterocycles. The Labute approximate surface area is 211 Å². The third-order valence-electron chi connectivity index (χ3n) is 7.04. The molecule has 4 rings (SSSR count). The minimum absolute atomic E-state index is 0. The molecule has 3 fully saturated rings. The molecular formula is C25H42IN5O. The maximum absolute atomic E-state index is 5.49. The Morgan fingerprint density at radius 3 is 2.44 bits per heavy atom. The van der Waals surface area contributed by atoms with Gasteiger partial charge in [-0.15, -0.1) is 24.0 Å². The van der Waals surface area contributed by atoms with E-state index in [1.807, 2.05) is 0 Å². The summed E-state index contributed by atoms with van der Waals surface area (Å²) in [5.74, 6) is 2.67. The molecule has 0 spiro atoms. The van der Waals surface area contributed by atoms with Gasteiger partial charge in [0.1, 0.15) is 0 Å². The zero-order valence-electron chi connectivity index (χ0n) is 20.0. The quantitative estimate of drug-likeness (QED) is 0.330. The number of nitrogens with one attached hydrogen (secondary N) is 1. The van der Waals surface area contributed by atoms with Crippen molar-refractivity contribution in [2.24, 2.45) is 16.8 Å². The largest absolute Gasteiger partial charge is 0.379 e. The fraction of sp³-hybridized carbons (Fsp3) is 0.720. The Hall–Kier alpha value is -1.06. The third kappa shape index (κ3) is 7.22. The SMILES string of the molecule is CCNC(=NCc1ccc(N2CCC(C)CC2)cc1)N1CCC(CN2CCOCC2)C1.I. The van der Waals surface area contributed by atoms with E-state index in [4.69, 9.17) is 9.73 Å². The monoisotopic (exact) mass is 555 g/mol. The minimum atomic E-state index is 0. The van der Waals surface area contributed by atoms with Crippen LogP contribution >= 0.6 is 24.0 Å². The summed E-state index contributed by atoms with van der Waals surface area (Å²) in [5, 5.41) is 3.52. The van der Waals surface area contributed by atoms with Gasteiger partial charge in [0.15, 0.2) is 5.96 Å². The van der Waals surface area contributed by atoms with E-state index in [1.165, 1.54) is 50.1 Å². The molecule has 3 aliphatic rings. The van der Waals surface area contributed by atoms with Crippen LogP contribution in [0.5, 0.6) is 0 Å². The molecule has 6 nitrogen and oxygen atoms in total. The summed E-state index contributed by atoms with van der Waals surface area (Å²) in [6.45, 7) is 15.9. The molecular weight excluding hydrogens is 513 g/mol. The molecule has 1 atom stereocenters. The van der Waals surface area contributed by atoms with E-state index in [1.54, 1.807) is 0 Å². The van der Waals surface area contributed by atoms with Gasteiger partial charge >= 0.3 is 0 Å². The lowest BCUT2D eigenvalue weighted by Crippen LogP contribution is -2.42. The number of hydrogen-bond acceptors (Lipinski definition) is 4. The van der Waals surface area contributed by atoms with Crippen LogP contribution in [0, 0.1) is 11.8 Å². The molecule has 32 heavy (non-hydrogen) atoms. The summed E-state index contributed by atoms with van der Waals surface area (Å²) in [6, 6.07) is 9.07. The van der Waals surface area contributed by atoms with Gasteiger partial charge in [-0.25, -0.2) is 4.99 Å². The van der Waals surface area contributed by atoms with E-state index in [0.29, 0.717) is 0 Å². The lowest BCUT2D eigenvalue weighted by molar-refractivity contribution is 0.0315. The topological polar surface area (TPSA) is 43.3 Å². The van der Waals surface area contributed by atoms with Gasteiger partial charge in [0.25, 0.3) is 0 Å². The zero-order chi connectivity index (χ0) is 21.5. The predicted octanol–water partition coefficient (Wildman–Crippen LogP) is 3.66. The van der Waals surface area contributed by atoms with Gasteiger partial charge in [-0.3, -0.25) is 4.90 Å².